The number of aromatic nitrogens is 1. The van der Waals surface area contributed by atoms with Gasteiger partial charge in [-0.3, -0.25) is 4.79 Å². The highest BCUT2D eigenvalue weighted by Crippen LogP contribution is 2.27. The second-order valence-corrected chi connectivity index (χ2v) is 5.64. The second kappa shape index (κ2) is 6.04. The molecule has 0 aliphatic heterocycles. The monoisotopic (exact) mass is 404 g/mol. The number of nitrogen functional groups attached to an aromatic ring is 1. The zero-order valence-corrected chi connectivity index (χ0v) is 13.6. The van der Waals surface area contributed by atoms with Gasteiger partial charge in [-0.15, -0.1) is 0 Å². The highest BCUT2D eigenvalue weighted by molar-refractivity contribution is 9.10. The lowest BCUT2D eigenvalue weighted by molar-refractivity contribution is 0.103. The number of rotatable bonds is 2. The summed E-state index contributed by atoms with van der Waals surface area (Å²) < 4.78 is 0.956. The Kier molecular flexibility index (Phi) is 4.37. The van der Waals surface area contributed by atoms with Crippen LogP contribution in [0, 0.1) is 22.7 Å². The summed E-state index contributed by atoms with van der Waals surface area (Å²) in [5.74, 6) is -0.547. The third kappa shape index (κ3) is 2.80. The first kappa shape index (κ1) is 15.2. The van der Waals surface area contributed by atoms with Crippen molar-refractivity contribution in [1.29, 1.82) is 10.5 Å². The van der Waals surface area contributed by atoms with Gasteiger partial charge in [0.25, 0.3) is 0 Å². The van der Waals surface area contributed by atoms with Crippen LogP contribution in [-0.4, -0.2) is 10.8 Å². The lowest BCUT2D eigenvalue weighted by Gasteiger charge is -2.09. The fourth-order valence-electron chi connectivity index (χ4n) is 1.76. The molecule has 0 atom stereocenters. The number of nitrogens with two attached hydrogens (primary N) is 1. The van der Waals surface area contributed by atoms with Gasteiger partial charge >= 0.3 is 0 Å². The average molecular weight is 406 g/mol. The van der Waals surface area contributed by atoms with Crippen LogP contribution in [0.4, 0.5) is 5.82 Å². The molecule has 0 unspecified atom stereocenters. The van der Waals surface area contributed by atoms with Crippen molar-refractivity contribution in [1.82, 2.24) is 4.98 Å². The topological polar surface area (TPSA) is 104 Å². The molecule has 0 amide bonds. The third-order valence-corrected chi connectivity index (χ3v) is 3.84. The highest BCUT2D eigenvalue weighted by atomic mass is 79.9. The molecular weight excluding hydrogens is 400 g/mol. The van der Waals surface area contributed by atoms with Gasteiger partial charge in [0.2, 0.25) is 0 Å². The minimum absolute atomic E-state index is 0.00586. The molecule has 5 nitrogen and oxygen atoms in total. The predicted octanol–water partition coefficient (Wildman–Crippen LogP) is 3.16. The van der Waals surface area contributed by atoms with Crippen molar-refractivity contribution in [3.05, 3.63) is 55.6 Å². The Morgan fingerprint density at radius 3 is 2.19 bits per heavy atom. The summed E-state index contributed by atoms with van der Waals surface area (Å²) >= 11 is 6.37. The fourth-order valence-corrected chi connectivity index (χ4v) is 2.50. The fraction of sp³-hybridized carbons (Fsp3) is 0. The highest BCUT2D eigenvalue weighted by Gasteiger charge is 2.24. The minimum Gasteiger partial charge on any atom is -0.383 e. The van der Waals surface area contributed by atoms with Crippen molar-refractivity contribution in [2.24, 2.45) is 0 Å². The summed E-state index contributed by atoms with van der Waals surface area (Å²) in [6.45, 7) is 0. The smallest absolute Gasteiger partial charge is 0.195 e. The number of ketones is 1. The number of carbonyl (C=O) groups is 1. The maximum absolute atomic E-state index is 12.6. The number of nitrogens with zero attached hydrogens (tertiary/aromatic N) is 3. The summed E-state index contributed by atoms with van der Waals surface area (Å²) in [6.07, 6.45) is 0. The number of carbonyl (C=O) groups excluding carboxylic acids is 1. The molecule has 1 aromatic carbocycles. The molecule has 1 aromatic heterocycles. The lowest BCUT2D eigenvalue weighted by Crippen LogP contribution is -2.11. The number of anilines is 1. The Morgan fingerprint density at radius 1 is 1.10 bits per heavy atom. The van der Waals surface area contributed by atoms with Crippen LogP contribution in [0.5, 0.6) is 0 Å². The van der Waals surface area contributed by atoms with Crippen molar-refractivity contribution >= 4 is 43.5 Å². The molecule has 0 aliphatic carbocycles. The number of hydrogen-bond acceptors (Lipinski definition) is 5. The van der Waals surface area contributed by atoms with Crippen LogP contribution in [0.25, 0.3) is 0 Å². The minimum atomic E-state index is -0.453. The molecule has 0 aliphatic rings. The zero-order valence-electron chi connectivity index (χ0n) is 10.4. The van der Waals surface area contributed by atoms with E-state index in [1.165, 1.54) is 0 Å². The largest absolute Gasteiger partial charge is 0.383 e. The van der Waals surface area contributed by atoms with Crippen molar-refractivity contribution < 1.29 is 4.79 Å². The molecule has 0 spiro atoms. The van der Waals surface area contributed by atoms with Crippen LogP contribution in [0.2, 0.25) is 0 Å². The van der Waals surface area contributed by atoms with Gasteiger partial charge in [-0.05, 0) is 40.2 Å². The second-order valence-electron chi connectivity index (χ2n) is 3.97. The van der Waals surface area contributed by atoms with E-state index in [0.29, 0.717) is 5.56 Å². The van der Waals surface area contributed by atoms with Crippen LogP contribution in [0.1, 0.15) is 27.0 Å². The Bertz CT molecular complexity index is 779. The van der Waals surface area contributed by atoms with Gasteiger partial charge < -0.3 is 5.73 Å². The Morgan fingerprint density at radius 2 is 1.67 bits per heavy atom. The van der Waals surface area contributed by atoms with Crippen molar-refractivity contribution in [2.75, 3.05) is 5.73 Å². The quantitative estimate of drug-likeness (QED) is 0.610. The SMILES string of the molecule is N#Cc1c(N)nc(Br)c(C#N)c1C(=O)c1ccc(Br)cc1. The molecule has 2 N–H and O–H groups in total. The molecular formula is C14H6Br2N4O. The van der Waals surface area contributed by atoms with E-state index in [0.717, 1.165) is 4.47 Å². The third-order valence-electron chi connectivity index (χ3n) is 2.74. The molecule has 2 rings (SSSR count). The Hall–Kier alpha value is -2.22. The summed E-state index contributed by atoms with van der Waals surface area (Å²) in [5, 5.41) is 18.4. The van der Waals surface area contributed by atoms with Crippen molar-refractivity contribution in [3.8, 4) is 12.1 Å². The van der Waals surface area contributed by atoms with Crippen molar-refractivity contribution in [3.63, 3.8) is 0 Å². The first-order chi connectivity index (χ1) is 9.99. The molecule has 0 fully saturated rings. The molecule has 21 heavy (non-hydrogen) atoms. The summed E-state index contributed by atoms with van der Waals surface area (Å²) in [7, 11) is 0. The number of hydrogen-bond donors (Lipinski definition) is 1. The van der Waals surface area contributed by atoms with Gasteiger partial charge in [0.1, 0.15) is 28.1 Å². The molecule has 0 radical (unpaired) electrons. The van der Waals surface area contributed by atoms with Gasteiger partial charge in [0, 0.05) is 10.0 Å². The van der Waals surface area contributed by atoms with E-state index in [1.54, 1.807) is 24.3 Å². The number of nitriles is 2. The van der Waals surface area contributed by atoms with Crippen LogP contribution in [-0.2, 0) is 0 Å². The summed E-state index contributed by atoms with van der Waals surface area (Å²) in [4.78, 5) is 16.5. The molecule has 2 aromatic rings. The molecule has 0 saturated carbocycles. The van der Waals surface area contributed by atoms with Crippen LogP contribution >= 0.6 is 31.9 Å². The number of benzene rings is 1. The average Bonchev–Trinajstić information content (AvgIpc) is 2.46. The lowest BCUT2D eigenvalue weighted by atomic mass is 9.96. The summed E-state index contributed by atoms with van der Waals surface area (Å²) in [6, 6.07) is 10.3. The van der Waals surface area contributed by atoms with Gasteiger partial charge in [-0.25, -0.2) is 4.98 Å². The van der Waals surface area contributed by atoms with Crippen molar-refractivity contribution in [2.45, 2.75) is 0 Å². The number of halogens is 2. The van der Waals surface area contributed by atoms with Crippen LogP contribution in [0.3, 0.4) is 0 Å². The molecule has 0 bridgehead atoms. The van der Waals surface area contributed by atoms with E-state index in [4.69, 9.17) is 5.73 Å². The molecule has 1 heterocycles. The van der Waals surface area contributed by atoms with E-state index in [-0.39, 0.29) is 27.1 Å². The van der Waals surface area contributed by atoms with Crippen LogP contribution < -0.4 is 5.73 Å². The van der Waals surface area contributed by atoms with Gasteiger partial charge in [0.05, 0.1) is 11.1 Å². The Labute approximate surface area is 137 Å². The van der Waals surface area contributed by atoms with Gasteiger partial charge in [-0.2, -0.15) is 10.5 Å². The number of pyridine rings is 1. The van der Waals surface area contributed by atoms with E-state index in [1.807, 2.05) is 12.1 Å². The maximum Gasteiger partial charge on any atom is 0.195 e. The normalized spacial score (nSPS) is 9.71. The first-order valence-corrected chi connectivity index (χ1v) is 7.17. The summed E-state index contributed by atoms with van der Waals surface area (Å²) in [5.41, 5.74) is 5.87. The van der Waals surface area contributed by atoms with E-state index < -0.39 is 5.78 Å². The van der Waals surface area contributed by atoms with E-state index in [2.05, 4.69) is 36.8 Å². The maximum atomic E-state index is 12.6. The standard InChI is InChI=1S/C14H6Br2N4O/c15-8-3-1-7(2-4-8)12(21)11-9(5-17)13(16)20-14(19)10(11)6-18/h1-4H,(H2,19,20). The van der Waals surface area contributed by atoms with E-state index >= 15 is 0 Å². The van der Waals surface area contributed by atoms with Gasteiger partial charge in [0.15, 0.2) is 5.78 Å². The molecule has 102 valence electrons. The molecule has 7 heteroatoms. The predicted molar refractivity (Wildman–Crippen MR) is 83.4 cm³/mol. The van der Waals surface area contributed by atoms with Gasteiger partial charge in [-0.1, -0.05) is 15.9 Å². The van der Waals surface area contributed by atoms with Crippen LogP contribution in [0.15, 0.2) is 33.3 Å². The first-order valence-electron chi connectivity index (χ1n) is 5.59. The zero-order chi connectivity index (χ0) is 15.6. The molecule has 0 saturated heterocycles. The van der Waals surface area contributed by atoms with E-state index in [9.17, 15) is 15.3 Å². The Balaban J connectivity index is 2.74.